The molecule has 1 aromatic rings. The monoisotopic (exact) mass is 238 g/mol. The summed E-state index contributed by atoms with van der Waals surface area (Å²) in [6.07, 6.45) is 0. The second-order valence-electron chi connectivity index (χ2n) is 3.61. The van der Waals surface area contributed by atoms with Crippen molar-refractivity contribution in [3.05, 3.63) is 24.3 Å². The van der Waals surface area contributed by atoms with E-state index in [2.05, 4.69) is 0 Å². The van der Waals surface area contributed by atoms with E-state index in [1.165, 1.54) is 0 Å². The number of benzene rings is 1. The molecule has 0 aromatic heterocycles. The predicted octanol–water partition coefficient (Wildman–Crippen LogP) is 2.27. The Labute approximate surface area is 101 Å². The molecular formula is C13H18O4. The van der Waals surface area contributed by atoms with E-state index in [-0.39, 0.29) is 18.5 Å². The average molecular weight is 238 g/mol. The van der Waals surface area contributed by atoms with Crippen LogP contribution in [0.3, 0.4) is 0 Å². The molecule has 4 heteroatoms. The van der Waals surface area contributed by atoms with Crippen LogP contribution in [0.15, 0.2) is 24.3 Å². The maximum atomic E-state index is 11.4. The summed E-state index contributed by atoms with van der Waals surface area (Å²) >= 11 is 0. The molecule has 1 unspecified atom stereocenters. The maximum Gasteiger partial charge on any atom is 0.312 e. The normalized spacial score (nSPS) is 11.7. The molecule has 0 aliphatic heterocycles. The maximum absolute atomic E-state index is 11.4. The van der Waals surface area contributed by atoms with Gasteiger partial charge in [-0.25, -0.2) is 0 Å². The summed E-state index contributed by atoms with van der Waals surface area (Å²) < 4.78 is 15.6. The second kappa shape index (κ2) is 6.78. The number of methoxy groups -OCH3 is 1. The number of carbonyl (C=O) groups excluding carboxylic acids is 1. The van der Waals surface area contributed by atoms with Crippen LogP contribution < -0.4 is 9.47 Å². The van der Waals surface area contributed by atoms with Gasteiger partial charge in [-0.2, -0.15) is 0 Å². The Hall–Kier alpha value is -1.71. The molecular weight excluding hydrogens is 220 g/mol. The van der Waals surface area contributed by atoms with E-state index in [1.807, 2.05) is 18.2 Å². The van der Waals surface area contributed by atoms with Crippen molar-refractivity contribution < 1.29 is 19.0 Å². The third-order valence-corrected chi connectivity index (χ3v) is 2.25. The Morgan fingerprint density at radius 1 is 1.29 bits per heavy atom. The van der Waals surface area contributed by atoms with Gasteiger partial charge < -0.3 is 14.2 Å². The van der Waals surface area contributed by atoms with E-state index in [0.717, 1.165) is 0 Å². The largest absolute Gasteiger partial charge is 0.493 e. The van der Waals surface area contributed by atoms with Crippen molar-refractivity contribution in [1.29, 1.82) is 0 Å². The summed E-state index contributed by atoms with van der Waals surface area (Å²) in [6, 6.07) is 7.33. The zero-order chi connectivity index (χ0) is 12.7. The molecule has 94 valence electrons. The topological polar surface area (TPSA) is 44.8 Å². The van der Waals surface area contributed by atoms with E-state index >= 15 is 0 Å². The van der Waals surface area contributed by atoms with Crippen LogP contribution in [0.1, 0.15) is 13.8 Å². The van der Waals surface area contributed by atoms with Gasteiger partial charge in [0.25, 0.3) is 0 Å². The van der Waals surface area contributed by atoms with Crippen LogP contribution in [0.5, 0.6) is 11.5 Å². The van der Waals surface area contributed by atoms with Gasteiger partial charge in [0.05, 0.1) is 19.6 Å². The molecule has 4 nitrogen and oxygen atoms in total. The Balaban J connectivity index is 2.52. The molecule has 0 bridgehead atoms. The Kier molecular flexibility index (Phi) is 5.33. The molecule has 1 aromatic carbocycles. The van der Waals surface area contributed by atoms with Gasteiger partial charge >= 0.3 is 5.97 Å². The number of hydrogen-bond acceptors (Lipinski definition) is 4. The summed E-state index contributed by atoms with van der Waals surface area (Å²) in [6.45, 7) is 4.22. The SMILES string of the molecule is CCOC(=O)C(C)COc1ccccc1OC. The fraction of sp³-hybridized carbons (Fsp3) is 0.462. The number of ether oxygens (including phenoxy) is 3. The first-order valence-corrected chi connectivity index (χ1v) is 5.61. The van der Waals surface area contributed by atoms with E-state index < -0.39 is 0 Å². The summed E-state index contributed by atoms with van der Waals surface area (Å²) in [5, 5.41) is 0. The predicted molar refractivity (Wildman–Crippen MR) is 64.3 cm³/mol. The number of carbonyl (C=O) groups is 1. The van der Waals surface area contributed by atoms with Gasteiger partial charge in [-0.15, -0.1) is 0 Å². The quantitative estimate of drug-likeness (QED) is 0.713. The van der Waals surface area contributed by atoms with Crippen molar-refractivity contribution in [1.82, 2.24) is 0 Å². The molecule has 1 rings (SSSR count). The van der Waals surface area contributed by atoms with Crippen molar-refractivity contribution >= 4 is 5.97 Å². The molecule has 1 atom stereocenters. The van der Waals surface area contributed by atoms with Crippen molar-refractivity contribution in [2.45, 2.75) is 13.8 Å². The van der Waals surface area contributed by atoms with Crippen LogP contribution in [-0.2, 0) is 9.53 Å². The van der Waals surface area contributed by atoms with Gasteiger partial charge in [-0.3, -0.25) is 4.79 Å². The molecule has 0 heterocycles. The third-order valence-electron chi connectivity index (χ3n) is 2.25. The molecule has 0 saturated carbocycles. The zero-order valence-electron chi connectivity index (χ0n) is 10.4. The minimum absolute atomic E-state index is 0.248. The first-order chi connectivity index (χ1) is 8.19. The van der Waals surface area contributed by atoms with Crippen LogP contribution in [-0.4, -0.2) is 26.3 Å². The first-order valence-electron chi connectivity index (χ1n) is 5.61. The molecule has 0 saturated heterocycles. The molecule has 17 heavy (non-hydrogen) atoms. The van der Waals surface area contributed by atoms with Gasteiger partial charge in [-0.05, 0) is 26.0 Å². The lowest BCUT2D eigenvalue weighted by Gasteiger charge is -2.13. The number of hydrogen-bond donors (Lipinski definition) is 0. The number of esters is 1. The van der Waals surface area contributed by atoms with Gasteiger partial charge in [-0.1, -0.05) is 12.1 Å². The lowest BCUT2D eigenvalue weighted by Crippen LogP contribution is -2.21. The molecule has 0 radical (unpaired) electrons. The first kappa shape index (κ1) is 13.4. The minimum atomic E-state index is -0.292. The zero-order valence-corrected chi connectivity index (χ0v) is 10.4. The average Bonchev–Trinajstić information content (AvgIpc) is 2.36. The summed E-state index contributed by atoms with van der Waals surface area (Å²) in [5.41, 5.74) is 0. The summed E-state index contributed by atoms with van der Waals surface area (Å²) in [4.78, 5) is 11.4. The highest BCUT2D eigenvalue weighted by Crippen LogP contribution is 2.26. The van der Waals surface area contributed by atoms with Crippen molar-refractivity contribution in [3.63, 3.8) is 0 Å². The summed E-state index contributed by atoms with van der Waals surface area (Å²) in [7, 11) is 1.58. The van der Waals surface area contributed by atoms with Crippen LogP contribution in [0.2, 0.25) is 0 Å². The number of rotatable bonds is 6. The third kappa shape index (κ3) is 3.98. The molecule has 0 amide bonds. The Bertz CT molecular complexity index is 362. The van der Waals surface area contributed by atoms with E-state index in [9.17, 15) is 4.79 Å². The van der Waals surface area contributed by atoms with Gasteiger partial charge in [0.1, 0.15) is 6.61 Å². The fourth-order valence-electron chi connectivity index (χ4n) is 1.31. The second-order valence-corrected chi connectivity index (χ2v) is 3.61. The lowest BCUT2D eigenvalue weighted by atomic mass is 10.2. The van der Waals surface area contributed by atoms with Gasteiger partial charge in [0, 0.05) is 0 Å². The van der Waals surface area contributed by atoms with Crippen LogP contribution in [0, 0.1) is 5.92 Å². The van der Waals surface area contributed by atoms with Gasteiger partial charge in [0.15, 0.2) is 11.5 Å². The van der Waals surface area contributed by atoms with Crippen LogP contribution in [0.4, 0.5) is 0 Å². The highest BCUT2D eigenvalue weighted by atomic mass is 16.5. The van der Waals surface area contributed by atoms with Crippen molar-refractivity contribution in [2.24, 2.45) is 5.92 Å². The Morgan fingerprint density at radius 2 is 1.94 bits per heavy atom. The molecule has 0 aliphatic carbocycles. The van der Waals surface area contributed by atoms with Crippen molar-refractivity contribution in [3.8, 4) is 11.5 Å². The van der Waals surface area contributed by atoms with Crippen LogP contribution in [0.25, 0.3) is 0 Å². The van der Waals surface area contributed by atoms with Crippen LogP contribution >= 0.6 is 0 Å². The van der Waals surface area contributed by atoms with Crippen molar-refractivity contribution in [2.75, 3.05) is 20.3 Å². The van der Waals surface area contributed by atoms with Gasteiger partial charge in [0.2, 0.25) is 0 Å². The van der Waals surface area contributed by atoms with E-state index in [4.69, 9.17) is 14.2 Å². The minimum Gasteiger partial charge on any atom is -0.493 e. The summed E-state index contributed by atoms with van der Waals surface area (Å²) in [5.74, 6) is 0.747. The van der Waals surface area contributed by atoms with E-state index in [0.29, 0.717) is 18.1 Å². The standard InChI is InChI=1S/C13H18O4/c1-4-16-13(14)10(2)9-17-12-8-6-5-7-11(12)15-3/h5-8,10H,4,9H2,1-3H3. The highest BCUT2D eigenvalue weighted by Gasteiger charge is 2.15. The molecule has 0 N–H and O–H groups in total. The Morgan fingerprint density at radius 3 is 2.53 bits per heavy atom. The highest BCUT2D eigenvalue weighted by molar-refractivity contribution is 5.72. The molecule has 0 aliphatic rings. The molecule has 0 spiro atoms. The molecule has 0 fully saturated rings. The number of para-hydroxylation sites is 2. The smallest absolute Gasteiger partial charge is 0.312 e. The van der Waals surface area contributed by atoms with E-state index in [1.54, 1.807) is 27.0 Å². The lowest BCUT2D eigenvalue weighted by molar-refractivity contribution is -0.148. The fourth-order valence-corrected chi connectivity index (χ4v) is 1.31.